The zero-order chi connectivity index (χ0) is 21.3. The zero-order valence-electron chi connectivity index (χ0n) is 17.7. The van der Waals surface area contributed by atoms with Crippen LogP contribution in [0.15, 0.2) is 53.3 Å². The first kappa shape index (κ1) is 21.5. The summed E-state index contributed by atoms with van der Waals surface area (Å²) in [6, 6.07) is 11.8. The number of nitrogens with one attached hydrogen (secondary N) is 1. The molecule has 1 amide bonds. The molecular weight excluding hydrogens is 380 g/mol. The lowest BCUT2D eigenvalue weighted by Gasteiger charge is -2.08. The van der Waals surface area contributed by atoms with Crippen molar-refractivity contribution < 1.29 is 13.9 Å². The molecule has 7 nitrogen and oxygen atoms in total. The van der Waals surface area contributed by atoms with E-state index in [0.717, 1.165) is 36.5 Å². The number of rotatable bonds is 10. The maximum absolute atomic E-state index is 11.8. The highest BCUT2D eigenvalue weighted by Gasteiger charge is 2.12. The lowest BCUT2D eigenvalue weighted by atomic mass is 10.2. The number of hydrogen-bond donors (Lipinski definition) is 1. The molecule has 30 heavy (non-hydrogen) atoms. The van der Waals surface area contributed by atoms with Crippen LogP contribution < -0.4 is 10.1 Å². The minimum Gasteiger partial charge on any atom is -0.492 e. The fourth-order valence-electron chi connectivity index (χ4n) is 2.78. The molecule has 3 rings (SSSR count). The van der Waals surface area contributed by atoms with Crippen LogP contribution in [-0.2, 0) is 17.6 Å². The number of pyridine rings is 1. The van der Waals surface area contributed by atoms with Crippen LogP contribution in [0.25, 0.3) is 11.3 Å². The molecule has 0 atom stereocenters. The van der Waals surface area contributed by atoms with E-state index in [1.165, 1.54) is 10.5 Å². The van der Waals surface area contributed by atoms with Gasteiger partial charge in [0.2, 0.25) is 11.8 Å². The van der Waals surface area contributed by atoms with Gasteiger partial charge >= 0.3 is 0 Å². The molecule has 2 aromatic heterocycles. The predicted molar refractivity (Wildman–Crippen MR) is 115 cm³/mol. The number of hydrogen-bond acceptors (Lipinski definition) is 6. The van der Waals surface area contributed by atoms with Gasteiger partial charge in [-0.25, -0.2) is 4.98 Å². The van der Waals surface area contributed by atoms with Gasteiger partial charge < -0.3 is 19.4 Å². The summed E-state index contributed by atoms with van der Waals surface area (Å²) >= 11 is 0. The second kappa shape index (κ2) is 10.5. The van der Waals surface area contributed by atoms with Gasteiger partial charge in [0, 0.05) is 38.1 Å². The Bertz CT molecular complexity index is 934. The smallest absolute Gasteiger partial charge is 0.231 e. The van der Waals surface area contributed by atoms with Crippen molar-refractivity contribution in [3.63, 3.8) is 0 Å². The Morgan fingerprint density at radius 1 is 1.13 bits per heavy atom. The van der Waals surface area contributed by atoms with Crippen LogP contribution in [0.1, 0.15) is 17.1 Å². The number of benzene rings is 1. The molecule has 1 N–H and O–H groups in total. The van der Waals surface area contributed by atoms with Gasteiger partial charge in [0.1, 0.15) is 30.7 Å². The third kappa shape index (κ3) is 6.42. The van der Waals surface area contributed by atoms with E-state index in [1.54, 1.807) is 20.4 Å². The molecule has 3 aromatic rings. The van der Waals surface area contributed by atoms with E-state index >= 15 is 0 Å². The third-order valence-corrected chi connectivity index (χ3v) is 4.61. The summed E-state index contributed by atoms with van der Waals surface area (Å²) in [5.41, 5.74) is 3.89. The van der Waals surface area contributed by atoms with Crippen molar-refractivity contribution in [1.29, 1.82) is 0 Å². The predicted octanol–water partition coefficient (Wildman–Crippen LogP) is 2.89. The van der Waals surface area contributed by atoms with Gasteiger partial charge in [0.25, 0.3) is 0 Å². The van der Waals surface area contributed by atoms with Gasteiger partial charge in [0.15, 0.2) is 0 Å². The van der Waals surface area contributed by atoms with Crippen LogP contribution >= 0.6 is 0 Å². The lowest BCUT2D eigenvalue weighted by Crippen LogP contribution is -2.23. The normalized spacial score (nSPS) is 10.8. The number of oxazole rings is 1. The van der Waals surface area contributed by atoms with Crippen molar-refractivity contribution in [3.05, 3.63) is 66.0 Å². The van der Waals surface area contributed by atoms with E-state index in [9.17, 15) is 4.79 Å². The van der Waals surface area contributed by atoms with E-state index in [0.29, 0.717) is 18.2 Å². The third-order valence-electron chi connectivity index (χ3n) is 4.61. The molecule has 158 valence electrons. The van der Waals surface area contributed by atoms with Crippen LogP contribution in [0.2, 0.25) is 0 Å². The van der Waals surface area contributed by atoms with Gasteiger partial charge in [0.05, 0.1) is 0 Å². The molecule has 0 radical (unpaired) electrons. The highest BCUT2D eigenvalue weighted by atomic mass is 16.5. The summed E-state index contributed by atoms with van der Waals surface area (Å²) < 4.78 is 11.2. The van der Waals surface area contributed by atoms with Crippen LogP contribution in [0.5, 0.6) is 5.75 Å². The standard InChI is InChI=1S/C23H28N4O3/c1-17-4-5-18(15-25-17)10-11-24-12-13-29-20-8-6-19(7-9-20)21-16-30-22(26-21)14-23(28)27(2)3/h4-9,15-16,24H,10-14H2,1-3H3. The summed E-state index contributed by atoms with van der Waals surface area (Å²) in [6.45, 7) is 4.24. The number of amides is 1. The quantitative estimate of drug-likeness (QED) is 0.520. The lowest BCUT2D eigenvalue weighted by molar-refractivity contribution is -0.128. The summed E-state index contributed by atoms with van der Waals surface area (Å²) in [4.78, 5) is 22.0. The second-order valence-electron chi connectivity index (χ2n) is 7.27. The van der Waals surface area contributed by atoms with E-state index in [1.807, 2.05) is 43.5 Å². The summed E-state index contributed by atoms with van der Waals surface area (Å²) in [7, 11) is 3.42. The summed E-state index contributed by atoms with van der Waals surface area (Å²) in [6.07, 6.45) is 4.60. The number of aryl methyl sites for hydroxylation is 1. The van der Waals surface area contributed by atoms with Crippen molar-refractivity contribution in [1.82, 2.24) is 20.2 Å². The van der Waals surface area contributed by atoms with E-state index in [4.69, 9.17) is 9.15 Å². The Balaban J connectivity index is 1.39. The van der Waals surface area contributed by atoms with Crippen LogP contribution in [0.4, 0.5) is 0 Å². The number of carbonyl (C=O) groups excluding carboxylic acids is 1. The summed E-state index contributed by atoms with van der Waals surface area (Å²) in [5.74, 6) is 1.17. The molecule has 0 saturated heterocycles. The monoisotopic (exact) mass is 408 g/mol. The Kier molecular flexibility index (Phi) is 7.57. The number of ether oxygens (including phenoxy) is 1. The first-order valence-electron chi connectivity index (χ1n) is 10.0. The zero-order valence-corrected chi connectivity index (χ0v) is 17.7. The molecule has 0 unspecified atom stereocenters. The van der Waals surface area contributed by atoms with Gasteiger partial charge in [-0.3, -0.25) is 9.78 Å². The molecule has 0 saturated carbocycles. The Hall–Kier alpha value is -3.19. The van der Waals surface area contributed by atoms with Gasteiger partial charge in [-0.15, -0.1) is 0 Å². The first-order chi connectivity index (χ1) is 14.5. The van der Waals surface area contributed by atoms with Crippen LogP contribution in [0.3, 0.4) is 0 Å². The Labute approximate surface area is 177 Å². The summed E-state index contributed by atoms with van der Waals surface area (Å²) in [5, 5.41) is 3.38. The van der Waals surface area contributed by atoms with Crippen molar-refractivity contribution in [2.24, 2.45) is 0 Å². The highest BCUT2D eigenvalue weighted by Crippen LogP contribution is 2.22. The van der Waals surface area contributed by atoms with Crippen LogP contribution in [0, 0.1) is 6.92 Å². The average molecular weight is 409 g/mol. The number of carbonyl (C=O) groups is 1. The van der Waals surface area contributed by atoms with Gasteiger partial charge in [-0.05, 0) is 55.8 Å². The molecule has 0 spiro atoms. The SMILES string of the molecule is Cc1ccc(CCNCCOc2ccc(-c3coc(CC(=O)N(C)C)n3)cc2)cn1. The van der Waals surface area contributed by atoms with Gasteiger partial charge in [-0.2, -0.15) is 0 Å². The molecule has 0 aliphatic carbocycles. The number of aromatic nitrogens is 2. The molecule has 7 heteroatoms. The van der Waals surface area contributed by atoms with Crippen LogP contribution in [-0.4, -0.2) is 54.6 Å². The molecule has 0 fully saturated rings. The fraction of sp³-hybridized carbons (Fsp3) is 0.348. The number of likely N-dealkylation sites (N-methyl/N-ethyl adjacent to an activating group) is 1. The first-order valence-corrected chi connectivity index (χ1v) is 10.0. The van der Waals surface area contributed by atoms with Crippen molar-refractivity contribution in [2.45, 2.75) is 19.8 Å². The van der Waals surface area contributed by atoms with Gasteiger partial charge in [-0.1, -0.05) is 6.07 Å². The fourth-order valence-corrected chi connectivity index (χ4v) is 2.78. The largest absolute Gasteiger partial charge is 0.492 e. The maximum atomic E-state index is 11.8. The Morgan fingerprint density at radius 2 is 1.93 bits per heavy atom. The van der Waals surface area contributed by atoms with E-state index in [-0.39, 0.29) is 12.3 Å². The molecule has 2 heterocycles. The van der Waals surface area contributed by atoms with Crippen molar-refractivity contribution in [3.8, 4) is 17.0 Å². The minimum absolute atomic E-state index is 0.0451. The van der Waals surface area contributed by atoms with Crippen molar-refractivity contribution >= 4 is 5.91 Å². The Morgan fingerprint density at radius 3 is 2.63 bits per heavy atom. The second-order valence-corrected chi connectivity index (χ2v) is 7.27. The van der Waals surface area contributed by atoms with E-state index < -0.39 is 0 Å². The average Bonchev–Trinajstić information content (AvgIpc) is 3.20. The van der Waals surface area contributed by atoms with E-state index in [2.05, 4.69) is 21.4 Å². The maximum Gasteiger partial charge on any atom is 0.231 e. The number of nitrogens with zero attached hydrogens (tertiary/aromatic N) is 3. The topological polar surface area (TPSA) is 80.5 Å². The molecule has 0 aliphatic rings. The molecule has 0 bridgehead atoms. The minimum atomic E-state index is -0.0451. The molecule has 1 aromatic carbocycles. The highest BCUT2D eigenvalue weighted by molar-refractivity contribution is 5.77. The van der Waals surface area contributed by atoms with Crippen molar-refractivity contribution in [2.75, 3.05) is 33.8 Å². The molecule has 0 aliphatic heterocycles. The molecular formula is C23H28N4O3.